The molecule has 0 aromatic carbocycles. The van der Waals surface area contributed by atoms with E-state index in [0.717, 1.165) is 17.9 Å². The topological polar surface area (TPSA) is 15.3 Å². The number of nitrogens with one attached hydrogen (secondary N) is 1. The summed E-state index contributed by atoms with van der Waals surface area (Å²) in [5.41, 5.74) is 0. The number of hydrogen-bond donors (Lipinski definition) is 1. The molecular formula is C13H26N2. The molecule has 2 atom stereocenters. The predicted octanol–water partition coefficient (Wildman–Crippen LogP) is 2.11. The Balaban J connectivity index is 1.77. The van der Waals surface area contributed by atoms with E-state index in [4.69, 9.17) is 0 Å². The highest BCUT2D eigenvalue weighted by molar-refractivity contribution is 4.86. The fourth-order valence-electron chi connectivity index (χ4n) is 2.87. The van der Waals surface area contributed by atoms with Crippen LogP contribution in [-0.2, 0) is 0 Å². The Morgan fingerprint density at radius 3 is 2.67 bits per heavy atom. The van der Waals surface area contributed by atoms with Crippen LogP contribution in [0.25, 0.3) is 0 Å². The zero-order chi connectivity index (χ0) is 10.7. The van der Waals surface area contributed by atoms with Crippen LogP contribution >= 0.6 is 0 Å². The van der Waals surface area contributed by atoms with E-state index in [1.54, 1.807) is 0 Å². The van der Waals surface area contributed by atoms with Crippen molar-refractivity contribution in [2.24, 2.45) is 11.8 Å². The van der Waals surface area contributed by atoms with Gasteiger partial charge in [0.15, 0.2) is 0 Å². The normalized spacial score (nSPS) is 29.4. The summed E-state index contributed by atoms with van der Waals surface area (Å²) < 4.78 is 0. The Kier molecular flexibility index (Phi) is 4.04. The van der Waals surface area contributed by atoms with E-state index in [1.807, 2.05) is 0 Å². The second-order valence-corrected chi connectivity index (χ2v) is 5.38. The second kappa shape index (κ2) is 5.31. The summed E-state index contributed by atoms with van der Waals surface area (Å²) in [6.45, 7) is 9.77. The first-order valence-electron chi connectivity index (χ1n) is 6.76. The molecule has 1 aliphatic carbocycles. The molecule has 1 saturated heterocycles. The van der Waals surface area contributed by atoms with Crippen LogP contribution in [0.15, 0.2) is 0 Å². The Morgan fingerprint density at radius 2 is 2.13 bits per heavy atom. The zero-order valence-electron chi connectivity index (χ0n) is 10.3. The molecule has 0 bridgehead atoms. The average molecular weight is 210 g/mol. The van der Waals surface area contributed by atoms with Crippen LogP contribution in [0.2, 0.25) is 0 Å². The zero-order valence-corrected chi connectivity index (χ0v) is 10.3. The van der Waals surface area contributed by atoms with Crippen molar-refractivity contribution in [3.05, 3.63) is 0 Å². The molecule has 1 saturated carbocycles. The third-order valence-corrected chi connectivity index (χ3v) is 4.18. The van der Waals surface area contributed by atoms with Crippen molar-refractivity contribution >= 4 is 0 Å². The van der Waals surface area contributed by atoms with Crippen LogP contribution in [0.1, 0.15) is 39.5 Å². The Labute approximate surface area is 94.4 Å². The van der Waals surface area contributed by atoms with Gasteiger partial charge in [0.05, 0.1) is 0 Å². The maximum atomic E-state index is 3.52. The molecule has 2 fully saturated rings. The van der Waals surface area contributed by atoms with Gasteiger partial charge in [-0.1, -0.05) is 6.92 Å². The van der Waals surface area contributed by atoms with Gasteiger partial charge in [-0.25, -0.2) is 0 Å². The number of nitrogens with zero attached hydrogens (tertiary/aromatic N) is 1. The lowest BCUT2D eigenvalue weighted by Crippen LogP contribution is -2.42. The summed E-state index contributed by atoms with van der Waals surface area (Å²) in [6.07, 6.45) is 5.75. The van der Waals surface area contributed by atoms with Crippen molar-refractivity contribution < 1.29 is 0 Å². The summed E-state index contributed by atoms with van der Waals surface area (Å²) in [5, 5.41) is 3.52. The van der Waals surface area contributed by atoms with E-state index in [2.05, 4.69) is 24.1 Å². The first-order valence-corrected chi connectivity index (χ1v) is 6.76. The van der Waals surface area contributed by atoms with Gasteiger partial charge in [-0.15, -0.1) is 0 Å². The van der Waals surface area contributed by atoms with E-state index in [1.165, 1.54) is 51.9 Å². The SMILES string of the molecule is CCN(CC1CCCNC1)C(C)C1CC1. The second-order valence-electron chi connectivity index (χ2n) is 5.38. The summed E-state index contributed by atoms with van der Waals surface area (Å²) in [7, 11) is 0. The van der Waals surface area contributed by atoms with Crippen LogP contribution in [0.5, 0.6) is 0 Å². The van der Waals surface area contributed by atoms with E-state index >= 15 is 0 Å². The minimum absolute atomic E-state index is 0.830. The standard InChI is InChI=1S/C13H26N2/c1-3-15(11(2)13-6-7-13)10-12-5-4-8-14-9-12/h11-14H,3-10H2,1-2H3. The molecule has 0 aromatic heterocycles. The van der Waals surface area contributed by atoms with Gasteiger partial charge in [0.2, 0.25) is 0 Å². The molecule has 1 heterocycles. The monoisotopic (exact) mass is 210 g/mol. The Hall–Kier alpha value is -0.0800. The largest absolute Gasteiger partial charge is 0.316 e. The van der Waals surface area contributed by atoms with Crippen LogP contribution in [0, 0.1) is 11.8 Å². The summed E-state index contributed by atoms with van der Waals surface area (Å²) in [6, 6.07) is 0.830. The number of hydrogen-bond acceptors (Lipinski definition) is 2. The van der Waals surface area contributed by atoms with Gasteiger partial charge in [0, 0.05) is 12.6 Å². The Morgan fingerprint density at radius 1 is 1.33 bits per heavy atom. The smallest absolute Gasteiger partial charge is 0.00952 e. The van der Waals surface area contributed by atoms with Crippen molar-refractivity contribution in [2.45, 2.75) is 45.6 Å². The minimum Gasteiger partial charge on any atom is -0.316 e. The molecule has 2 unspecified atom stereocenters. The molecule has 0 amide bonds. The molecule has 0 aromatic rings. The quantitative estimate of drug-likeness (QED) is 0.747. The van der Waals surface area contributed by atoms with Crippen molar-refractivity contribution in [1.29, 1.82) is 0 Å². The molecule has 2 aliphatic rings. The van der Waals surface area contributed by atoms with E-state index in [9.17, 15) is 0 Å². The van der Waals surface area contributed by atoms with Crippen molar-refractivity contribution in [3.8, 4) is 0 Å². The van der Waals surface area contributed by atoms with Gasteiger partial charge >= 0.3 is 0 Å². The first-order chi connectivity index (χ1) is 7.31. The van der Waals surface area contributed by atoms with Crippen molar-refractivity contribution in [3.63, 3.8) is 0 Å². The lowest BCUT2D eigenvalue weighted by Gasteiger charge is -2.33. The molecule has 1 N–H and O–H groups in total. The van der Waals surface area contributed by atoms with Crippen LogP contribution < -0.4 is 5.32 Å². The molecule has 0 radical (unpaired) electrons. The van der Waals surface area contributed by atoms with Gasteiger partial charge in [0.1, 0.15) is 0 Å². The van der Waals surface area contributed by atoms with Crippen molar-refractivity contribution in [1.82, 2.24) is 10.2 Å². The molecule has 1 aliphatic heterocycles. The number of piperidine rings is 1. The van der Waals surface area contributed by atoms with Crippen LogP contribution in [-0.4, -0.2) is 37.1 Å². The van der Waals surface area contributed by atoms with Crippen molar-refractivity contribution in [2.75, 3.05) is 26.2 Å². The summed E-state index contributed by atoms with van der Waals surface area (Å²) in [5.74, 6) is 1.92. The van der Waals surface area contributed by atoms with Gasteiger partial charge in [0.25, 0.3) is 0 Å². The molecule has 2 heteroatoms. The lowest BCUT2D eigenvalue weighted by atomic mass is 9.98. The van der Waals surface area contributed by atoms with Gasteiger partial charge in [-0.2, -0.15) is 0 Å². The molecule has 2 rings (SSSR count). The molecule has 2 nitrogen and oxygen atoms in total. The maximum absolute atomic E-state index is 3.52. The molecule has 88 valence electrons. The highest BCUT2D eigenvalue weighted by Crippen LogP contribution is 2.35. The fourth-order valence-corrected chi connectivity index (χ4v) is 2.87. The lowest BCUT2D eigenvalue weighted by molar-refractivity contribution is 0.156. The maximum Gasteiger partial charge on any atom is 0.00952 e. The minimum atomic E-state index is 0.830. The summed E-state index contributed by atoms with van der Waals surface area (Å²) in [4.78, 5) is 2.70. The van der Waals surface area contributed by atoms with E-state index in [0.29, 0.717) is 0 Å². The highest BCUT2D eigenvalue weighted by Gasteiger charge is 2.32. The van der Waals surface area contributed by atoms with Gasteiger partial charge in [-0.05, 0) is 64.1 Å². The van der Waals surface area contributed by atoms with Crippen LogP contribution in [0.3, 0.4) is 0 Å². The summed E-state index contributed by atoms with van der Waals surface area (Å²) >= 11 is 0. The predicted molar refractivity (Wildman–Crippen MR) is 65.0 cm³/mol. The van der Waals surface area contributed by atoms with Gasteiger partial charge in [-0.3, -0.25) is 0 Å². The van der Waals surface area contributed by atoms with Crippen LogP contribution in [0.4, 0.5) is 0 Å². The average Bonchev–Trinajstić information content (AvgIpc) is 3.10. The number of rotatable bonds is 5. The molecular weight excluding hydrogens is 184 g/mol. The molecule has 15 heavy (non-hydrogen) atoms. The highest BCUT2D eigenvalue weighted by atomic mass is 15.2. The third kappa shape index (κ3) is 3.18. The third-order valence-electron chi connectivity index (χ3n) is 4.18. The first kappa shape index (κ1) is 11.4. The molecule has 0 spiro atoms. The Bertz CT molecular complexity index is 183. The van der Waals surface area contributed by atoms with Gasteiger partial charge < -0.3 is 10.2 Å². The van der Waals surface area contributed by atoms with E-state index < -0.39 is 0 Å². The fraction of sp³-hybridized carbons (Fsp3) is 1.00. The van der Waals surface area contributed by atoms with E-state index in [-0.39, 0.29) is 0 Å².